The van der Waals surface area contributed by atoms with Crippen LogP contribution in [0.3, 0.4) is 0 Å². The normalized spacial score (nSPS) is 20.1. The molecule has 17 heavy (non-hydrogen) atoms. The van der Waals surface area contributed by atoms with Gasteiger partial charge < -0.3 is 4.74 Å². The Morgan fingerprint density at radius 2 is 2.12 bits per heavy atom. The maximum Gasteiger partial charge on any atom is 0.234 e. The second-order valence-corrected chi connectivity index (χ2v) is 6.23. The van der Waals surface area contributed by atoms with Crippen molar-refractivity contribution in [2.45, 2.75) is 19.4 Å². The first-order chi connectivity index (χ1) is 8.10. The average molecular weight is 255 g/mol. The summed E-state index contributed by atoms with van der Waals surface area (Å²) < 4.78 is 30.9. The lowest BCUT2D eigenvalue weighted by molar-refractivity contribution is 0.0951. The van der Waals surface area contributed by atoms with E-state index in [0.717, 1.165) is 11.3 Å². The van der Waals surface area contributed by atoms with Gasteiger partial charge in [-0.2, -0.15) is 0 Å². The van der Waals surface area contributed by atoms with Crippen molar-refractivity contribution in [2.75, 3.05) is 23.7 Å². The first-order valence-corrected chi connectivity index (χ1v) is 7.33. The highest BCUT2D eigenvalue weighted by molar-refractivity contribution is 7.92. The van der Waals surface area contributed by atoms with Crippen LogP contribution in [0.25, 0.3) is 0 Å². The molecule has 0 radical (unpaired) electrons. The lowest BCUT2D eigenvalue weighted by Crippen LogP contribution is -2.37. The van der Waals surface area contributed by atoms with E-state index in [1.807, 2.05) is 24.3 Å². The molecule has 0 aromatic heterocycles. The van der Waals surface area contributed by atoms with Crippen LogP contribution >= 0.6 is 0 Å². The van der Waals surface area contributed by atoms with Crippen molar-refractivity contribution in [1.82, 2.24) is 0 Å². The van der Waals surface area contributed by atoms with E-state index in [9.17, 15) is 8.42 Å². The Kier molecular flexibility index (Phi) is 3.40. The Morgan fingerprint density at radius 1 is 1.41 bits per heavy atom. The minimum Gasteiger partial charge on any atom is -0.377 e. The molecule has 0 saturated heterocycles. The second kappa shape index (κ2) is 4.66. The molecule has 0 spiro atoms. The molecular weight excluding hydrogens is 238 g/mol. The van der Waals surface area contributed by atoms with Crippen LogP contribution in [0.4, 0.5) is 5.69 Å². The van der Waals surface area contributed by atoms with E-state index >= 15 is 0 Å². The van der Waals surface area contributed by atoms with Crippen LogP contribution in [0.5, 0.6) is 0 Å². The quantitative estimate of drug-likeness (QED) is 0.829. The highest BCUT2D eigenvalue weighted by Gasteiger charge is 2.30. The number of hydrogen-bond acceptors (Lipinski definition) is 3. The monoisotopic (exact) mass is 255 g/mol. The Balaban J connectivity index is 2.48. The predicted octanol–water partition coefficient (Wildman–Crippen LogP) is 1.93. The highest BCUT2D eigenvalue weighted by atomic mass is 32.2. The van der Waals surface area contributed by atoms with E-state index in [4.69, 9.17) is 4.74 Å². The second-order valence-electron chi connectivity index (χ2n) is 4.04. The molecule has 1 unspecified atom stereocenters. The summed E-state index contributed by atoms with van der Waals surface area (Å²) in [5.74, 6) is 0.124. The number of nitrogens with zero attached hydrogens (tertiary/aromatic N) is 1. The molecule has 0 fully saturated rings. The van der Waals surface area contributed by atoms with Gasteiger partial charge in [-0.15, -0.1) is 0 Å². The highest BCUT2D eigenvalue weighted by Crippen LogP contribution is 2.36. The summed E-state index contributed by atoms with van der Waals surface area (Å²) in [5.41, 5.74) is 1.71. The van der Waals surface area contributed by atoms with Gasteiger partial charge in [-0.3, -0.25) is 4.31 Å². The topological polar surface area (TPSA) is 46.6 Å². The lowest BCUT2D eigenvalue weighted by Gasteiger charge is -2.34. The number of benzene rings is 1. The van der Waals surface area contributed by atoms with Gasteiger partial charge in [0.2, 0.25) is 10.0 Å². The Hall–Kier alpha value is -1.07. The molecule has 0 saturated carbocycles. The molecule has 5 heteroatoms. The summed E-state index contributed by atoms with van der Waals surface area (Å²) in [6.07, 6.45) is 0.696. The third-order valence-electron chi connectivity index (χ3n) is 3.13. The number of fused-ring (bicyclic) bond motifs is 1. The molecule has 4 nitrogen and oxygen atoms in total. The number of sulfonamides is 1. The lowest BCUT2D eigenvalue weighted by atomic mass is 10.0. The number of methoxy groups -OCH3 is 1. The van der Waals surface area contributed by atoms with Gasteiger partial charge in [-0.1, -0.05) is 18.2 Å². The van der Waals surface area contributed by atoms with Gasteiger partial charge in [-0.25, -0.2) is 8.42 Å². The van der Waals surface area contributed by atoms with E-state index in [2.05, 4.69) is 0 Å². The fraction of sp³-hybridized carbons (Fsp3) is 0.500. The van der Waals surface area contributed by atoms with Gasteiger partial charge in [0.1, 0.15) is 0 Å². The zero-order chi connectivity index (χ0) is 12.5. The maximum absolute atomic E-state index is 12.0. The molecule has 0 aliphatic carbocycles. The molecule has 1 heterocycles. The summed E-state index contributed by atoms with van der Waals surface area (Å²) in [5, 5.41) is 0. The fourth-order valence-electron chi connectivity index (χ4n) is 2.19. The van der Waals surface area contributed by atoms with Gasteiger partial charge in [0, 0.05) is 19.2 Å². The molecule has 1 aliphatic heterocycles. The molecule has 0 N–H and O–H groups in total. The zero-order valence-corrected chi connectivity index (χ0v) is 10.9. The minimum absolute atomic E-state index is 0.00509. The average Bonchev–Trinajstić information content (AvgIpc) is 2.37. The first-order valence-electron chi connectivity index (χ1n) is 5.72. The summed E-state index contributed by atoms with van der Waals surface area (Å²) in [6.45, 7) is 2.16. The zero-order valence-electron chi connectivity index (χ0n) is 10.1. The van der Waals surface area contributed by atoms with Crippen molar-refractivity contribution in [1.29, 1.82) is 0 Å². The maximum atomic E-state index is 12.0. The number of para-hydroxylation sites is 1. The number of anilines is 1. The van der Waals surface area contributed by atoms with E-state index < -0.39 is 10.0 Å². The Bertz CT molecular complexity index is 498. The third kappa shape index (κ3) is 2.17. The largest absolute Gasteiger partial charge is 0.377 e. The van der Waals surface area contributed by atoms with Crippen LogP contribution in [0.2, 0.25) is 0 Å². The van der Waals surface area contributed by atoms with Crippen molar-refractivity contribution in [3.8, 4) is 0 Å². The molecular formula is C12H17NO3S. The van der Waals surface area contributed by atoms with E-state index in [-0.39, 0.29) is 11.9 Å². The van der Waals surface area contributed by atoms with Crippen LogP contribution in [-0.2, 0) is 14.8 Å². The summed E-state index contributed by atoms with van der Waals surface area (Å²) in [7, 11) is -1.53. The molecule has 2 rings (SSSR count). The molecule has 1 aliphatic rings. The van der Waals surface area contributed by atoms with Crippen LogP contribution in [-0.4, -0.2) is 27.8 Å². The van der Waals surface area contributed by atoms with Crippen LogP contribution in [0.15, 0.2) is 24.3 Å². The van der Waals surface area contributed by atoms with Crippen molar-refractivity contribution in [3.63, 3.8) is 0 Å². The third-order valence-corrected chi connectivity index (χ3v) is 4.91. The molecule has 1 atom stereocenters. The number of ether oxygens (including phenoxy) is 1. The van der Waals surface area contributed by atoms with Gasteiger partial charge >= 0.3 is 0 Å². The summed E-state index contributed by atoms with van der Waals surface area (Å²) in [4.78, 5) is 0. The van der Waals surface area contributed by atoms with E-state index in [1.54, 1.807) is 14.0 Å². The van der Waals surface area contributed by atoms with E-state index in [0.29, 0.717) is 13.0 Å². The SMILES string of the molecule is CCS(=O)(=O)N1CCC(OC)c2ccccc21. The van der Waals surface area contributed by atoms with Crippen molar-refractivity contribution >= 4 is 15.7 Å². The minimum atomic E-state index is -3.19. The van der Waals surface area contributed by atoms with Crippen LogP contribution < -0.4 is 4.31 Å². The van der Waals surface area contributed by atoms with Gasteiger partial charge in [0.15, 0.2) is 0 Å². The molecule has 0 amide bonds. The first kappa shape index (κ1) is 12.4. The van der Waals surface area contributed by atoms with E-state index in [1.165, 1.54) is 4.31 Å². The number of rotatable bonds is 3. The predicted molar refractivity (Wildman–Crippen MR) is 67.6 cm³/mol. The van der Waals surface area contributed by atoms with Gasteiger partial charge in [0.05, 0.1) is 17.5 Å². The van der Waals surface area contributed by atoms with Crippen molar-refractivity contribution in [3.05, 3.63) is 29.8 Å². The summed E-state index contributed by atoms with van der Waals surface area (Å²) in [6, 6.07) is 7.54. The standard InChI is InChI=1S/C12H17NO3S/c1-3-17(14,15)13-9-8-12(16-2)10-6-4-5-7-11(10)13/h4-7,12H,3,8-9H2,1-2H3. The number of hydrogen-bond donors (Lipinski definition) is 0. The molecule has 94 valence electrons. The Morgan fingerprint density at radius 3 is 2.76 bits per heavy atom. The summed E-state index contributed by atoms with van der Waals surface area (Å²) >= 11 is 0. The van der Waals surface area contributed by atoms with Crippen molar-refractivity contribution < 1.29 is 13.2 Å². The van der Waals surface area contributed by atoms with Gasteiger partial charge in [-0.05, 0) is 19.4 Å². The van der Waals surface area contributed by atoms with Crippen molar-refractivity contribution in [2.24, 2.45) is 0 Å². The fourth-order valence-corrected chi connectivity index (χ4v) is 3.35. The molecule has 1 aromatic rings. The van der Waals surface area contributed by atoms with Crippen LogP contribution in [0.1, 0.15) is 25.0 Å². The Labute approximate surface area is 102 Å². The van der Waals surface area contributed by atoms with Crippen LogP contribution in [0, 0.1) is 0 Å². The smallest absolute Gasteiger partial charge is 0.234 e. The van der Waals surface area contributed by atoms with Gasteiger partial charge in [0.25, 0.3) is 0 Å². The molecule has 0 bridgehead atoms. The molecule has 1 aromatic carbocycles.